The monoisotopic (exact) mass is 790 g/mol. The molecule has 0 bridgehead atoms. The Balaban J connectivity index is 0.000000576. The van der Waals surface area contributed by atoms with Crippen LogP contribution < -0.4 is 38.5 Å². The SMILES string of the molecule is C(=C\c1cc[n+]([B-]2(c3ccccc3)Oc3cc4ccccc4cc3O2)cc1)/c1cc[n+]([B-]2(c3ccccc3)Oc3cc4ccccc4cc3O2)cc1.CC(C)=O.CC(C)=O. The summed E-state index contributed by atoms with van der Waals surface area (Å²) in [5.74, 6) is 3.28. The van der Waals surface area contributed by atoms with Crippen molar-refractivity contribution in [2.24, 2.45) is 0 Å². The fourth-order valence-electron chi connectivity index (χ4n) is 7.52. The third kappa shape index (κ3) is 8.13. The predicted octanol–water partition coefficient (Wildman–Crippen LogP) is 8.26. The largest absolute Gasteiger partial charge is 0.684 e. The maximum atomic E-state index is 9.44. The van der Waals surface area contributed by atoms with Gasteiger partial charge in [-0.2, -0.15) is 0 Å². The van der Waals surface area contributed by atoms with Gasteiger partial charge in [-0.05, 0) is 95.6 Å². The van der Waals surface area contributed by atoms with Gasteiger partial charge in [0.05, 0.1) is 0 Å². The van der Waals surface area contributed by atoms with E-state index in [2.05, 4.69) is 109 Å². The van der Waals surface area contributed by atoms with Crippen molar-refractivity contribution in [1.82, 2.24) is 0 Å². The van der Waals surface area contributed by atoms with Crippen LogP contribution in [0.1, 0.15) is 38.8 Å². The molecule has 2 aromatic heterocycles. The van der Waals surface area contributed by atoms with Gasteiger partial charge in [0.2, 0.25) is 0 Å². The van der Waals surface area contributed by atoms with Crippen molar-refractivity contribution in [1.29, 1.82) is 0 Å². The summed E-state index contributed by atoms with van der Waals surface area (Å²) in [7, 11) is 0. The third-order valence-corrected chi connectivity index (χ3v) is 10.2. The van der Waals surface area contributed by atoms with E-state index in [0.717, 1.165) is 66.6 Å². The van der Waals surface area contributed by atoms with Crippen molar-refractivity contribution < 1.29 is 37.2 Å². The van der Waals surface area contributed by atoms with Crippen LogP contribution in [0.15, 0.2) is 183 Å². The van der Waals surface area contributed by atoms with Crippen molar-refractivity contribution in [3.8, 4) is 23.0 Å². The second-order valence-corrected chi connectivity index (χ2v) is 15.2. The van der Waals surface area contributed by atoms with E-state index >= 15 is 0 Å². The maximum Gasteiger partial charge on any atom is 0.684 e. The molecule has 60 heavy (non-hydrogen) atoms. The molecule has 0 saturated heterocycles. The normalized spacial score (nSPS) is 13.9. The van der Waals surface area contributed by atoms with Gasteiger partial charge < -0.3 is 37.2 Å². The van der Waals surface area contributed by atoms with Crippen LogP contribution in [-0.2, 0) is 9.59 Å². The minimum Gasteiger partial charge on any atom is -0.616 e. The van der Waals surface area contributed by atoms with Gasteiger partial charge in [-0.15, -0.1) is 0 Å². The molecule has 0 N–H and O–H groups in total. The van der Waals surface area contributed by atoms with E-state index in [9.17, 15) is 9.59 Å². The Hall–Kier alpha value is -7.45. The van der Waals surface area contributed by atoms with Crippen molar-refractivity contribution in [2.75, 3.05) is 0 Å². The fourth-order valence-corrected chi connectivity index (χ4v) is 7.52. The zero-order valence-corrected chi connectivity index (χ0v) is 34.0. The number of fused-ring (bicyclic) bond motifs is 4. The summed E-state index contributed by atoms with van der Waals surface area (Å²) in [5.41, 5.74) is 4.00. The van der Waals surface area contributed by atoms with Crippen LogP contribution in [0.5, 0.6) is 23.0 Å². The molecule has 0 unspecified atom stereocenters. The molecule has 0 radical (unpaired) electrons. The molecule has 0 spiro atoms. The van der Waals surface area contributed by atoms with Crippen LogP contribution in [-0.4, -0.2) is 24.9 Å². The van der Waals surface area contributed by atoms with Gasteiger partial charge in [0.25, 0.3) is 0 Å². The van der Waals surface area contributed by atoms with Crippen LogP contribution in [0.2, 0.25) is 0 Å². The van der Waals surface area contributed by atoms with Crippen LogP contribution in [0.25, 0.3) is 33.7 Å². The zero-order chi connectivity index (χ0) is 41.7. The lowest BCUT2D eigenvalue weighted by atomic mass is 9.63. The summed E-state index contributed by atoms with van der Waals surface area (Å²) in [4.78, 5) is 18.9. The molecule has 10 heteroatoms. The average molecular weight is 791 g/mol. The Morgan fingerprint density at radius 1 is 0.400 bits per heavy atom. The first-order chi connectivity index (χ1) is 29.1. The maximum absolute atomic E-state index is 9.44. The first kappa shape index (κ1) is 39.4. The van der Waals surface area contributed by atoms with Gasteiger partial charge in [-0.25, -0.2) is 0 Å². The highest BCUT2D eigenvalue weighted by Gasteiger charge is 2.53. The molecular formula is C50H44B2N2O6. The molecule has 0 fully saturated rings. The second-order valence-electron chi connectivity index (χ2n) is 15.2. The number of benzene rings is 6. The topological polar surface area (TPSA) is 78.8 Å². The second kappa shape index (κ2) is 16.8. The highest BCUT2D eigenvalue weighted by atomic mass is 16.7. The van der Waals surface area contributed by atoms with Crippen molar-refractivity contribution in [3.05, 3.63) is 194 Å². The summed E-state index contributed by atoms with van der Waals surface area (Å²) < 4.78 is 31.0. The molecule has 0 amide bonds. The molecular weight excluding hydrogens is 746 g/mol. The number of carbonyl (C=O) groups is 2. The van der Waals surface area contributed by atoms with Gasteiger partial charge in [-0.3, -0.25) is 0 Å². The molecule has 6 aromatic carbocycles. The first-order valence-corrected chi connectivity index (χ1v) is 20.0. The number of Topliss-reactive ketones (excluding diaryl/α,β-unsaturated/α-hetero) is 2. The standard InChI is InChI=1S/C44H32B2N2O4.2C3H6O/c1-3-15-39(16-4-1)45(49-41-29-35-11-7-8-12-36(35)30-42(41)50-45)47-25-21-33(22-26-47)19-20-34-23-27-48(28-24-34)46(40-17-5-2-6-18-40)51-43-31-37-13-9-10-14-38(37)32-44(43)52-46;2*1-3(2)4/h1-32H;2*1-2H3/b20-19+;;. The first-order valence-electron chi connectivity index (χ1n) is 20.0. The zero-order valence-electron chi connectivity index (χ0n) is 34.0. The summed E-state index contributed by atoms with van der Waals surface area (Å²) in [6.45, 7) is 2.01. The Morgan fingerprint density at radius 2 is 0.650 bits per heavy atom. The average Bonchev–Trinajstić information content (AvgIpc) is 3.84. The van der Waals surface area contributed by atoms with E-state index in [1.165, 1.54) is 27.7 Å². The summed E-state index contributed by atoms with van der Waals surface area (Å²) >= 11 is 0. The number of nitrogens with zero attached hydrogens (tertiary/aromatic N) is 2. The molecule has 2 aliphatic rings. The van der Waals surface area contributed by atoms with E-state index in [1.807, 2.05) is 94.4 Å². The Bertz CT molecular complexity index is 2560. The Kier molecular flexibility index (Phi) is 11.0. The smallest absolute Gasteiger partial charge is 0.616 e. The quantitative estimate of drug-likeness (QED) is 0.158. The van der Waals surface area contributed by atoms with Crippen molar-refractivity contribution in [3.63, 3.8) is 0 Å². The lowest BCUT2D eigenvalue weighted by Gasteiger charge is -2.28. The number of rotatable bonds is 6. The van der Waals surface area contributed by atoms with Gasteiger partial charge >= 0.3 is 13.4 Å². The summed E-state index contributed by atoms with van der Waals surface area (Å²) in [6, 6.07) is 53.4. The molecule has 4 heterocycles. The summed E-state index contributed by atoms with van der Waals surface area (Å²) in [6.07, 6.45) is 12.3. The van der Waals surface area contributed by atoms with E-state index in [1.54, 1.807) is 0 Å². The number of hydrogen-bond donors (Lipinski definition) is 0. The molecule has 10 rings (SSSR count). The van der Waals surface area contributed by atoms with Gasteiger partial charge in [-0.1, -0.05) is 121 Å². The Labute approximate surface area is 349 Å². The van der Waals surface area contributed by atoms with Crippen LogP contribution in [0.4, 0.5) is 0 Å². The highest BCUT2D eigenvalue weighted by Crippen LogP contribution is 2.41. The molecule has 296 valence electrons. The minimum absolute atomic E-state index is 0.167. The summed E-state index contributed by atoms with van der Waals surface area (Å²) in [5, 5.41) is 4.44. The lowest BCUT2D eigenvalue weighted by Crippen LogP contribution is -2.77. The third-order valence-electron chi connectivity index (χ3n) is 10.2. The molecule has 8 aromatic rings. The van der Waals surface area contributed by atoms with Crippen LogP contribution in [0, 0.1) is 0 Å². The molecule has 0 aliphatic carbocycles. The number of pyridine rings is 2. The minimum atomic E-state index is -2.05. The van der Waals surface area contributed by atoms with E-state index in [4.69, 9.17) is 18.6 Å². The fraction of sp³-hybridized carbons (Fsp3) is 0.0800. The molecule has 0 atom stereocenters. The van der Waals surface area contributed by atoms with Crippen molar-refractivity contribution >= 4 is 69.6 Å². The number of aromatic nitrogens is 2. The number of carbonyl (C=O) groups excluding carboxylic acids is 2. The van der Waals surface area contributed by atoms with E-state index < -0.39 is 13.4 Å². The Morgan fingerprint density at radius 3 is 0.917 bits per heavy atom. The molecule has 8 nitrogen and oxygen atoms in total. The van der Waals surface area contributed by atoms with Crippen molar-refractivity contribution in [2.45, 2.75) is 27.7 Å². The van der Waals surface area contributed by atoms with E-state index in [0.29, 0.717) is 0 Å². The predicted molar refractivity (Wildman–Crippen MR) is 240 cm³/mol. The highest BCUT2D eigenvalue weighted by molar-refractivity contribution is 6.76. The van der Waals surface area contributed by atoms with Gasteiger partial charge in [0.15, 0.2) is 0 Å². The van der Waals surface area contributed by atoms with Crippen LogP contribution >= 0.6 is 0 Å². The number of ketones is 2. The number of hydrogen-bond acceptors (Lipinski definition) is 6. The van der Waals surface area contributed by atoms with E-state index in [-0.39, 0.29) is 11.6 Å². The lowest BCUT2D eigenvalue weighted by molar-refractivity contribution is -0.566. The van der Waals surface area contributed by atoms with Gasteiger partial charge in [0.1, 0.15) is 59.4 Å². The van der Waals surface area contributed by atoms with Crippen LogP contribution in [0.3, 0.4) is 0 Å². The molecule has 2 aliphatic heterocycles. The van der Waals surface area contributed by atoms with Gasteiger partial charge in [0, 0.05) is 24.3 Å². The molecule has 0 saturated carbocycles.